The van der Waals surface area contributed by atoms with Gasteiger partial charge in [-0.2, -0.15) is 5.10 Å². The first-order valence-electron chi connectivity index (χ1n) is 7.69. The fourth-order valence-corrected chi connectivity index (χ4v) is 2.43. The maximum Gasteiger partial charge on any atom is 0.271 e. The van der Waals surface area contributed by atoms with E-state index in [1.807, 2.05) is 0 Å². The van der Waals surface area contributed by atoms with Gasteiger partial charge < -0.3 is 23.7 Å². The minimum atomic E-state index is -0.380. The first-order valence-corrected chi connectivity index (χ1v) is 7.69. The second kappa shape index (κ2) is 7.64. The summed E-state index contributed by atoms with van der Waals surface area (Å²) < 4.78 is 26.3. The van der Waals surface area contributed by atoms with Gasteiger partial charge in [0.25, 0.3) is 5.91 Å². The molecule has 0 spiro atoms. The molecule has 0 aromatic heterocycles. The van der Waals surface area contributed by atoms with Crippen LogP contribution in [0, 0.1) is 0 Å². The highest BCUT2D eigenvalue weighted by molar-refractivity contribution is 5.95. The first kappa shape index (κ1) is 17.4. The number of carbonyl (C=O) groups is 1. The van der Waals surface area contributed by atoms with Crippen molar-refractivity contribution in [3.05, 3.63) is 41.5 Å². The Balaban J connectivity index is 1.72. The Morgan fingerprint density at radius 3 is 2.54 bits per heavy atom. The van der Waals surface area contributed by atoms with Crippen molar-refractivity contribution in [1.82, 2.24) is 5.43 Å². The van der Waals surface area contributed by atoms with Crippen LogP contribution >= 0.6 is 0 Å². The summed E-state index contributed by atoms with van der Waals surface area (Å²) >= 11 is 0. The van der Waals surface area contributed by atoms with E-state index < -0.39 is 0 Å². The van der Waals surface area contributed by atoms with Crippen LogP contribution in [0.1, 0.15) is 15.9 Å². The Hall–Kier alpha value is -3.42. The third kappa shape index (κ3) is 3.49. The van der Waals surface area contributed by atoms with Crippen LogP contribution < -0.4 is 29.1 Å². The Morgan fingerprint density at radius 1 is 1.04 bits per heavy atom. The monoisotopic (exact) mass is 358 g/mol. The highest BCUT2D eigenvalue weighted by Crippen LogP contribution is 2.41. The zero-order chi connectivity index (χ0) is 18.5. The SMILES string of the molecule is COc1ccc(C(=O)NN=Cc2cc(OC)c3c(c2)OCO3)cc1OC. The molecule has 0 atom stereocenters. The van der Waals surface area contributed by atoms with E-state index in [2.05, 4.69) is 10.5 Å². The number of fused-ring (bicyclic) bond motifs is 1. The molecule has 0 aliphatic carbocycles. The number of amides is 1. The number of carbonyl (C=O) groups excluding carboxylic acids is 1. The topological polar surface area (TPSA) is 87.6 Å². The normalized spacial score (nSPS) is 12.1. The van der Waals surface area contributed by atoms with Crippen LogP contribution in [0.25, 0.3) is 0 Å². The van der Waals surface area contributed by atoms with Gasteiger partial charge in [-0.25, -0.2) is 5.43 Å². The molecule has 1 aliphatic heterocycles. The summed E-state index contributed by atoms with van der Waals surface area (Å²) in [5.74, 6) is 2.28. The van der Waals surface area contributed by atoms with Crippen LogP contribution in [0.4, 0.5) is 0 Å². The fourth-order valence-electron chi connectivity index (χ4n) is 2.43. The molecule has 0 bridgehead atoms. The lowest BCUT2D eigenvalue weighted by Gasteiger charge is -2.08. The Kier molecular flexibility index (Phi) is 5.12. The van der Waals surface area contributed by atoms with Crippen LogP contribution in [-0.4, -0.2) is 40.2 Å². The van der Waals surface area contributed by atoms with Gasteiger partial charge in [0.15, 0.2) is 23.0 Å². The fraction of sp³-hybridized carbons (Fsp3) is 0.222. The molecule has 2 aromatic rings. The predicted molar refractivity (Wildman–Crippen MR) is 93.7 cm³/mol. The molecule has 0 saturated carbocycles. The van der Waals surface area contributed by atoms with Gasteiger partial charge in [-0.3, -0.25) is 4.79 Å². The van der Waals surface area contributed by atoms with Crippen LogP contribution in [0.2, 0.25) is 0 Å². The second-order valence-electron chi connectivity index (χ2n) is 5.23. The zero-order valence-corrected chi connectivity index (χ0v) is 14.6. The quantitative estimate of drug-likeness (QED) is 0.629. The van der Waals surface area contributed by atoms with Crippen molar-refractivity contribution in [2.75, 3.05) is 28.1 Å². The molecule has 8 nitrogen and oxygen atoms in total. The van der Waals surface area contributed by atoms with Crippen molar-refractivity contribution < 1.29 is 28.5 Å². The van der Waals surface area contributed by atoms with Crippen molar-refractivity contribution in [3.8, 4) is 28.7 Å². The average Bonchev–Trinajstić information content (AvgIpc) is 3.15. The van der Waals surface area contributed by atoms with Gasteiger partial charge >= 0.3 is 0 Å². The summed E-state index contributed by atoms with van der Waals surface area (Å²) in [6.07, 6.45) is 1.49. The molecule has 3 rings (SSSR count). The molecule has 1 heterocycles. The minimum Gasteiger partial charge on any atom is -0.493 e. The lowest BCUT2D eigenvalue weighted by atomic mass is 10.2. The van der Waals surface area contributed by atoms with Gasteiger partial charge in [-0.05, 0) is 30.3 Å². The molecule has 1 aliphatic rings. The molecule has 2 aromatic carbocycles. The van der Waals surface area contributed by atoms with Crippen LogP contribution in [0.15, 0.2) is 35.4 Å². The summed E-state index contributed by atoms with van der Waals surface area (Å²) in [6, 6.07) is 8.33. The molecule has 136 valence electrons. The maximum absolute atomic E-state index is 12.2. The molecule has 0 unspecified atom stereocenters. The number of nitrogens with one attached hydrogen (secondary N) is 1. The van der Waals surface area contributed by atoms with Gasteiger partial charge in [0.05, 0.1) is 27.5 Å². The zero-order valence-electron chi connectivity index (χ0n) is 14.6. The summed E-state index contributed by atoms with van der Waals surface area (Å²) in [7, 11) is 4.57. The first-order chi connectivity index (χ1) is 12.7. The molecule has 8 heteroatoms. The summed E-state index contributed by atoms with van der Waals surface area (Å²) in [6.45, 7) is 0.141. The molecule has 26 heavy (non-hydrogen) atoms. The molecule has 1 N–H and O–H groups in total. The Bertz CT molecular complexity index is 850. The van der Waals surface area contributed by atoms with Crippen LogP contribution in [0.5, 0.6) is 28.7 Å². The van der Waals surface area contributed by atoms with Gasteiger partial charge in [-0.1, -0.05) is 0 Å². The van der Waals surface area contributed by atoms with E-state index in [0.717, 1.165) is 0 Å². The third-order valence-electron chi connectivity index (χ3n) is 3.71. The van der Waals surface area contributed by atoms with E-state index in [4.69, 9.17) is 23.7 Å². The predicted octanol–water partition coefficient (Wildman–Crippen LogP) is 2.21. The van der Waals surface area contributed by atoms with Crippen molar-refractivity contribution in [3.63, 3.8) is 0 Å². The number of hydrogen-bond acceptors (Lipinski definition) is 7. The van der Waals surface area contributed by atoms with Crippen molar-refractivity contribution in [1.29, 1.82) is 0 Å². The number of methoxy groups -OCH3 is 3. The molecule has 0 saturated heterocycles. The standard InChI is InChI=1S/C18H18N2O6/c1-22-13-5-4-12(8-14(13)23-2)18(21)20-19-9-11-6-15(24-3)17-16(7-11)25-10-26-17/h4-9H,10H2,1-3H3,(H,20,21). The maximum atomic E-state index is 12.2. The number of hydrazone groups is 1. The Labute approximate surface area is 150 Å². The minimum absolute atomic E-state index is 0.141. The largest absolute Gasteiger partial charge is 0.493 e. The molecular formula is C18H18N2O6. The number of rotatable bonds is 6. The molecule has 0 fully saturated rings. The van der Waals surface area contributed by atoms with Gasteiger partial charge in [0.1, 0.15) is 0 Å². The van der Waals surface area contributed by atoms with Crippen LogP contribution in [0.3, 0.4) is 0 Å². The summed E-state index contributed by atoms with van der Waals surface area (Å²) in [5.41, 5.74) is 3.55. The lowest BCUT2D eigenvalue weighted by molar-refractivity contribution is 0.0954. The lowest BCUT2D eigenvalue weighted by Crippen LogP contribution is -2.17. The summed E-state index contributed by atoms with van der Waals surface area (Å²) in [4.78, 5) is 12.2. The Morgan fingerprint density at radius 2 is 1.81 bits per heavy atom. The van der Waals surface area contributed by atoms with Crippen molar-refractivity contribution in [2.24, 2.45) is 5.10 Å². The number of nitrogens with zero attached hydrogens (tertiary/aromatic N) is 1. The average molecular weight is 358 g/mol. The third-order valence-corrected chi connectivity index (χ3v) is 3.71. The number of hydrogen-bond donors (Lipinski definition) is 1. The molecule has 1 amide bonds. The van der Waals surface area contributed by atoms with E-state index in [1.54, 1.807) is 30.3 Å². The highest BCUT2D eigenvalue weighted by Gasteiger charge is 2.19. The van der Waals surface area contributed by atoms with E-state index in [-0.39, 0.29) is 12.7 Å². The van der Waals surface area contributed by atoms with E-state index in [1.165, 1.54) is 27.5 Å². The van der Waals surface area contributed by atoms with E-state index in [9.17, 15) is 4.79 Å². The smallest absolute Gasteiger partial charge is 0.271 e. The second-order valence-corrected chi connectivity index (χ2v) is 5.23. The van der Waals surface area contributed by atoms with E-state index >= 15 is 0 Å². The summed E-state index contributed by atoms with van der Waals surface area (Å²) in [5, 5.41) is 3.97. The molecule has 0 radical (unpaired) electrons. The van der Waals surface area contributed by atoms with Gasteiger partial charge in [-0.15, -0.1) is 0 Å². The highest BCUT2D eigenvalue weighted by atomic mass is 16.7. The van der Waals surface area contributed by atoms with E-state index in [0.29, 0.717) is 39.9 Å². The van der Waals surface area contributed by atoms with Gasteiger partial charge in [0.2, 0.25) is 12.5 Å². The van der Waals surface area contributed by atoms with Crippen LogP contribution in [-0.2, 0) is 0 Å². The molecular weight excluding hydrogens is 340 g/mol. The number of benzene rings is 2. The number of ether oxygens (including phenoxy) is 5. The van der Waals surface area contributed by atoms with Crippen molar-refractivity contribution in [2.45, 2.75) is 0 Å². The van der Waals surface area contributed by atoms with Crippen molar-refractivity contribution >= 4 is 12.1 Å². The van der Waals surface area contributed by atoms with Gasteiger partial charge in [0, 0.05) is 11.1 Å².